The molecule has 0 radical (unpaired) electrons. The lowest BCUT2D eigenvalue weighted by molar-refractivity contribution is -0.111. The van der Waals surface area contributed by atoms with E-state index >= 15 is 0 Å². The molecule has 0 aromatic carbocycles. The summed E-state index contributed by atoms with van der Waals surface area (Å²) in [6.45, 7) is 4.86. The Morgan fingerprint density at radius 2 is 2.00 bits per heavy atom. The molecule has 1 saturated heterocycles. The third-order valence-corrected chi connectivity index (χ3v) is 4.45. The third kappa shape index (κ3) is 3.44. The number of rotatable bonds is 3. The van der Waals surface area contributed by atoms with Crippen LogP contribution in [0.25, 0.3) is 0 Å². The molecule has 4 atom stereocenters. The van der Waals surface area contributed by atoms with Crippen LogP contribution < -0.4 is 5.73 Å². The molecule has 2 rings (SSSR count). The predicted octanol–water partition coefficient (Wildman–Crippen LogP) is 0.976. The number of aliphatic hydroxyl groups is 1. The lowest BCUT2D eigenvalue weighted by Crippen LogP contribution is -2.54. The molecule has 0 bridgehead atoms. The molecule has 0 aromatic heterocycles. The second-order valence-electron chi connectivity index (χ2n) is 5.91. The first-order valence-electron chi connectivity index (χ1n) is 7.45. The third-order valence-electron chi connectivity index (χ3n) is 4.45. The standard InChI is InChI=1S/C14H28N2O2/c1-11-8-16(9-13(10-17)18-11)14-6-4-2-3-5-12(14)7-15/h11-14,17H,2-10,15H2,1H3. The Balaban J connectivity index is 2.02. The van der Waals surface area contributed by atoms with Gasteiger partial charge in [-0.3, -0.25) is 4.90 Å². The van der Waals surface area contributed by atoms with Gasteiger partial charge in [-0.2, -0.15) is 0 Å². The molecule has 4 unspecified atom stereocenters. The zero-order valence-corrected chi connectivity index (χ0v) is 11.6. The Hall–Kier alpha value is -0.160. The summed E-state index contributed by atoms with van der Waals surface area (Å²) < 4.78 is 5.73. The van der Waals surface area contributed by atoms with Crippen LogP contribution >= 0.6 is 0 Å². The summed E-state index contributed by atoms with van der Waals surface area (Å²) in [5.41, 5.74) is 5.96. The number of aliphatic hydroxyl groups excluding tert-OH is 1. The van der Waals surface area contributed by atoms with Gasteiger partial charge >= 0.3 is 0 Å². The SMILES string of the molecule is CC1CN(C2CCCCCC2CN)CC(CO)O1. The molecule has 2 fully saturated rings. The summed E-state index contributed by atoms with van der Waals surface area (Å²) in [5, 5.41) is 9.33. The van der Waals surface area contributed by atoms with E-state index in [0.29, 0.717) is 12.0 Å². The predicted molar refractivity (Wildman–Crippen MR) is 72.4 cm³/mol. The molecule has 0 amide bonds. The Bertz CT molecular complexity index is 250. The van der Waals surface area contributed by atoms with E-state index < -0.39 is 0 Å². The van der Waals surface area contributed by atoms with Crippen LogP contribution in [0.15, 0.2) is 0 Å². The van der Waals surface area contributed by atoms with Crippen LogP contribution in [0.4, 0.5) is 0 Å². The maximum absolute atomic E-state index is 9.33. The quantitative estimate of drug-likeness (QED) is 0.739. The molecule has 0 aromatic rings. The fourth-order valence-corrected chi connectivity index (χ4v) is 3.57. The highest BCUT2D eigenvalue weighted by Crippen LogP contribution is 2.28. The van der Waals surface area contributed by atoms with Gasteiger partial charge in [-0.05, 0) is 32.2 Å². The molecule has 1 heterocycles. The molecular weight excluding hydrogens is 228 g/mol. The van der Waals surface area contributed by atoms with Gasteiger partial charge in [0.2, 0.25) is 0 Å². The van der Waals surface area contributed by atoms with E-state index in [2.05, 4.69) is 11.8 Å². The van der Waals surface area contributed by atoms with Gasteiger partial charge in [0.1, 0.15) is 0 Å². The van der Waals surface area contributed by atoms with Crippen molar-refractivity contribution in [2.24, 2.45) is 11.7 Å². The Morgan fingerprint density at radius 3 is 2.72 bits per heavy atom. The van der Waals surface area contributed by atoms with Gasteiger partial charge in [0.25, 0.3) is 0 Å². The van der Waals surface area contributed by atoms with Crippen LogP contribution in [0.5, 0.6) is 0 Å². The van der Waals surface area contributed by atoms with Crippen molar-refractivity contribution in [3.8, 4) is 0 Å². The summed E-state index contributed by atoms with van der Waals surface area (Å²) in [6, 6.07) is 0.595. The van der Waals surface area contributed by atoms with Gasteiger partial charge in [-0.15, -0.1) is 0 Å². The van der Waals surface area contributed by atoms with E-state index in [0.717, 1.165) is 19.6 Å². The molecule has 1 aliphatic heterocycles. The van der Waals surface area contributed by atoms with Crippen LogP contribution in [0.2, 0.25) is 0 Å². The highest BCUT2D eigenvalue weighted by molar-refractivity contribution is 4.87. The topological polar surface area (TPSA) is 58.7 Å². The second-order valence-corrected chi connectivity index (χ2v) is 5.91. The number of ether oxygens (including phenoxy) is 1. The summed E-state index contributed by atoms with van der Waals surface area (Å²) in [7, 11) is 0. The van der Waals surface area contributed by atoms with E-state index in [9.17, 15) is 5.11 Å². The van der Waals surface area contributed by atoms with Gasteiger partial charge in [0.05, 0.1) is 18.8 Å². The number of morpholine rings is 1. The van der Waals surface area contributed by atoms with Gasteiger partial charge in [0, 0.05) is 19.1 Å². The minimum absolute atomic E-state index is 0.0181. The molecule has 1 saturated carbocycles. The van der Waals surface area contributed by atoms with Gasteiger partial charge in [0.15, 0.2) is 0 Å². The van der Waals surface area contributed by atoms with Crippen molar-refractivity contribution in [1.82, 2.24) is 4.90 Å². The number of nitrogens with two attached hydrogens (primary N) is 1. The molecule has 1 aliphatic carbocycles. The minimum atomic E-state index is -0.0181. The summed E-state index contributed by atoms with van der Waals surface area (Å²) >= 11 is 0. The Labute approximate surface area is 110 Å². The molecule has 2 aliphatic rings. The first kappa shape index (κ1) is 14.3. The van der Waals surface area contributed by atoms with Crippen molar-refractivity contribution in [2.75, 3.05) is 26.2 Å². The monoisotopic (exact) mass is 256 g/mol. The van der Waals surface area contributed by atoms with E-state index in [1.165, 1.54) is 32.1 Å². The molecule has 4 nitrogen and oxygen atoms in total. The van der Waals surface area contributed by atoms with E-state index in [-0.39, 0.29) is 18.8 Å². The lowest BCUT2D eigenvalue weighted by atomic mass is 9.92. The first-order chi connectivity index (χ1) is 8.74. The molecule has 18 heavy (non-hydrogen) atoms. The van der Waals surface area contributed by atoms with Crippen LogP contribution in [-0.2, 0) is 4.74 Å². The van der Waals surface area contributed by atoms with Crippen molar-refractivity contribution in [2.45, 2.75) is 57.3 Å². The molecule has 0 spiro atoms. The second kappa shape index (κ2) is 6.85. The van der Waals surface area contributed by atoms with Gasteiger partial charge < -0.3 is 15.6 Å². The Kier molecular flexibility index (Phi) is 5.42. The van der Waals surface area contributed by atoms with E-state index in [1.807, 2.05) is 0 Å². The van der Waals surface area contributed by atoms with Crippen molar-refractivity contribution < 1.29 is 9.84 Å². The normalized spacial score (nSPS) is 39.5. The maximum Gasteiger partial charge on any atom is 0.0936 e. The molecule has 4 heteroatoms. The largest absolute Gasteiger partial charge is 0.394 e. The number of nitrogens with zero attached hydrogens (tertiary/aromatic N) is 1. The fraction of sp³-hybridized carbons (Fsp3) is 1.00. The fourth-order valence-electron chi connectivity index (χ4n) is 3.57. The zero-order chi connectivity index (χ0) is 13.0. The molecule has 106 valence electrons. The molecular formula is C14H28N2O2. The van der Waals surface area contributed by atoms with Crippen LogP contribution in [-0.4, -0.2) is 54.5 Å². The van der Waals surface area contributed by atoms with Gasteiger partial charge in [-0.25, -0.2) is 0 Å². The highest BCUT2D eigenvalue weighted by Gasteiger charge is 2.33. The number of hydrogen-bond acceptors (Lipinski definition) is 4. The summed E-state index contributed by atoms with van der Waals surface area (Å²) in [5.74, 6) is 0.622. The van der Waals surface area contributed by atoms with E-state index in [4.69, 9.17) is 10.5 Å². The highest BCUT2D eigenvalue weighted by atomic mass is 16.5. The van der Waals surface area contributed by atoms with Crippen LogP contribution in [0.1, 0.15) is 39.0 Å². The van der Waals surface area contributed by atoms with Crippen molar-refractivity contribution in [3.63, 3.8) is 0 Å². The van der Waals surface area contributed by atoms with Crippen molar-refractivity contribution in [3.05, 3.63) is 0 Å². The smallest absolute Gasteiger partial charge is 0.0936 e. The van der Waals surface area contributed by atoms with Crippen LogP contribution in [0, 0.1) is 5.92 Å². The maximum atomic E-state index is 9.33. The molecule has 3 N–H and O–H groups in total. The van der Waals surface area contributed by atoms with E-state index in [1.54, 1.807) is 0 Å². The lowest BCUT2D eigenvalue weighted by Gasteiger charge is -2.43. The van der Waals surface area contributed by atoms with Crippen LogP contribution in [0.3, 0.4) is 0 Å². The Morgan fingerprint density at radius 1 is 1.22 bits per heavy atom. The summed E-state index contributed by atoms with van der Waals surface area (Å²) in [6.07, 6.45) is 6.70. The van der Waals surface area contributed by atoms with Crippen molar-refractivity contribution >= 4 is 0 Å². The number of hydrogen-bond donors (Lipinski definition) is 2. The minimum Gasteiger partial charge on any atom is -0.394 e. The zero-order valence-electron chi connectivity index (χ0n) is 11.6. The first-order valence-corrected chi connectivity index (χ1v) is 7.45. The average Bonchev–Trinajstić information content (AvgIpc) is 2.62. The average molecular weight is 256 g/mol. The van der Waals surface area contributed by atoms with Crippen molar-refractivity contribution in [1.29, 1.82) is 0 Å². The van der Waals surface area contributed by atoms with Gasteiger partial charge in [-0.1, -0.05) is 19.3 Å². The summed E-state index contributed by atoms with van der Waals surface area (Å²) in [4.78, 5) is 2.53.